The largest absolute Gasteiger partial charge is 0.323 e. The molecular weight excluding hydrogens is 167 g/mol. The molecule has 0 saturated heterocycles. The van der Waals surface area contributed by atoms with Crippen LogP contribution < -0.4 is 5.73 Å². The lowest BCUT2D eigenvalue weighted by molar-refractivity contribution is 0.540. The average Bonchev–Trinajstić information content (AvgIpc) is 2.88. The molecule has 1 unspecified atom stereocenters. The highest BCUT2D eigenvalue weighted by Crippen LogP contribution is 2.36. The zero-order valence-electron chi connectivity index (χ0n) is 7.41. The number of aromatic nitrogens is 1. The topological polar surface area (TPSA) is 38.9 Å². The highest BCUT2D eigenvalue weighted by molar-refractivity contribution is 5.09. The van der Waals surface area contributed by atoms with E-state index in [0.717, 1.165) is 12.3 Å². The zero-order chi connectivity index (χ0) is 9.26. The van der Waals surface area contributed by atoms with Gasteiger partial charge >= 0.3 is 0 Å². The Morgan fingerprint density at radius 3 is 2.92 bits per heavy atom. The van der Waals surface area contributed by atoms with E-state index in [1.807, 2.05) is 0 Å². The molecule has 0 aromatic carbocycles. The van der Waals surface area contributed by atoms with Crippen LogP contribution in [0, 0.1) is 11.9 Å². The summed E-state index contributed by atoms with van der Waals surface area (Å²) >= 11 is 0. The van der Waals surface area contributed by atoms with E-state index in [4.69, 9.17) is 5.73 Å². The number of rotatable bonds is 3. The van der Waals surface area contributed by atoms with Gasteiger partial charge in [0, 0.05) is 6.04 Å². The van der Waals surface area contributed by atoms with E-state index < -0.39 is 5.95 Å². The first kappa shape index (κ1) is 8.63. The van der Waals surface area contributed by atoms with Crippen molar-refractivity contribution in [3.05, 3.63) is 29.8 Å². The van der Waals surface area contributed by atoms with Crippen LogP contribution in [-0.4, -0.2) is 4.98 Å². The lowest BCUT2D eigenvalue weighted by atomic mass is 10.1. The molecular formula is C10H13FN2. The molecule has 1 heterocycles. The van der Waals surface area contributed by atoms with Crippen LogP contribution >= 0.6 is 0 Å². The highest BCUT2D eigenvalue weighted by Gasteiger charge is 2.24. The summed E-state index contributed by atoms with van der Waals surface area (Å²) in [5.74, 6) is 0.309. The smallest absolute Gasteiger partial charge is 0.213 e. The molecule has 0 bridgehead atoms. The Morgan fingerprint density at radius 1 is 1.54 bits per heavy atom. The quantitative estimate of drug-likeness (QED) is 0.723. The van der Waals surface area contributed by atoms with Crippen LogP contribution in [0.4, 0.5) is 4.39 Å². The Balaban J connectivity index is 2.04. The van der Waals surface area contributed by atoms with Crippen LogP contribution in [0.3, 0.4) is 0 Å². The van der Waals surface area contributed by atoms with Crippen LogP contribution in [0.1, 0.15) is 31.0 Å². The summed E-state index contributed by atoms with van der Waals surface area (Å²) in [6.07, 6.45) is 3.47. The second-order valence-corrected chi connectivity index (χ2v) is 3.67. The summed E-state index contributed by atoms with van der Waals surface area (Å²) in [5.41, 5.74) is 6.55. The molecule has 0 aliphatic heterocycles. The summed E-state index contributed by atoms with van der Waals surface area (Å²) in [7, 11) is 0. The van der Waals surface area contributed by atoms with Gasteiger partial charge in [-0.1, -0.05) is 18.9 Å². The fourth-order valence-electron chi connectivity index (χ4n) is 1.46. The van der Waals surface area contributed by atoms with Crippen molar-refractivity contribution < 1.29 is 4.39 Å². The van der Waals surface area contributed by atoms with Crippen molar-refractivity contribution in [3.8, 4) is 0 Å². The van der Waals surface area contributed by atoms with Gasteiger partial charge in [0.2, 0.25) is 5.95 Å². The van der Waals surface area contributed by atoms with E-state index in [1.165, 1.54) is 18.9 Å². The summed E-state index contributed by atoms with van der Waals surface area (Å²) in [6.45, 7) is 0. The average molecular weight is 180 g/mol. The van der Waals surface area contributed by atoms with Gasteiger partial charge in [0.1, 0.15) is 0 Å². The summed E-state index contributed by atoms with van der Waals surface area (Å²) < 4.78 is 12.7. The Labute approximate surface area is 77.0 Å². The van der Waals surface area contributed by atoms with Crippen LogP contribution in [0.15, 0.2) is 18.2 Å². The van der Waals surface area contributed by atoms with Gasteiger partial charge in [-0.25, -0.2) is 4.98 Å². The standard InChI is InChI=1S/C10H13FN2/c11-10-3-1-2-9(13-10)8(12)6-7-4-5-7/h1-3,7-8H,4-6,12H2. The van der Waals surface area contributed by atoms with Gasteiger partial charge in [-0.05, 0) is 24.5 Å². The first-order valence-electron chi connectivity index (χ1n) is 4.64. The molecule has 13 heavy (non-hydrogen) atoms. The first-order valence-corrected chi connectivity index (χ1v) is 4.64. The lowest BCUT2D eigenvalue weighted by Crippen LogP contribution is -2.13. The molecule has 0 spiro atoms. The molecule has 1 fully saturated rings. The van der Waals surface area contributed by atoms with E-state index in [9.17, 15) is 4.39 Å². The van der Waals surface area contributed by atoms with Gasteiger partial charge in [-0.3, -0.25) is 0 Å². The molecule has 1 aliphatic rings. The third-order valence-corrected chi connectivity index (χ3v) is 2.40. The van der Waals surface area contributed by atoms with Gasteiger partial charge in [-0.2, -0.15) is 4.39 Å². The number of nitrogens with two attached hydrogens (primary N) is 1. The summed E-state index contributed by atoms with van der Waals surface area (Å²) in [6, 6.07) is 4.69. The second-order valence-electron chi connectivity index (χ2n) is 3.67. The number of hydrogen-bond acceptors (Lipinski definition) is 2. The lowest BCUT2D eigenvalue weighted by Gasteiger charge is -2.09. The molecule has 1 aromatic rings. The van der Waals surface area contributed by atoms with E-state index in [1.54, 1.807) is 12.1 Å². The van der Waals surface area contributed by atoms with E-state index in [0.29, 0.717) is 5.69 Å². The molecule has 2 nitrogen and oxygen atoms in total. The Bertz CT molecular complexity index is 297. The molecule has 3 heteroatoms. The van der Waals surface area contributed by atoms with Crippen LogP contribution in [0.25, 0.3) is 0 Å². The van der Waals surface area contributed by atoms with Crippen molar-refractivity contribution in [2.45, 2.75) is 25.3 Å². The molecule has 1 saturated carbocycles. The fourth-order valence-corrected chi connectivity index (χ4v) is 1.46. The first-order chi connectivity index (χ1) is 6.25. The van der Waals surface area contributed by atoms with Crippen molar-refractivity contribution in [1.29, 1.82) is 0 Å². The predicted molar refractivity (Wildman–Crippen MR) is 48.5 cm³/mol. The van der Waals surface area contributed by atoms with Crippen molar-refractivity contribution in [2.24, 2.45) is 11.7 Å². The van der Waals surface area contributed by atoms with Crippen LogP contribution in [0.2, 0.25) is 0 Å². The minimum Gasteiger partial charge on any atom is -0.323 e. The van der Waals surface area contributed by atoms with Crippen LogP contribution in [0.5, 0.6) is 0 Å². The Morgan fingerprint density at radius 2 is 2.31 bits per heavy atom. The molecule has 1 atom stereocenters. The number of hydrogen-bond donors (Lipinski definition) is 1. The monoisotopic (exact) mass is 180 g/mol. The van der Waals surface area contributed by atoms with Crippen molar-refractivity contribution >= 4 is 0 Å². The predicted octanol–water partition coefficient (Wildman–Crippen LogP) is 2.02. The van der Waals surface area contributed by atoms with Gasteiger partial charge in [0.15, 0.2) is 0 Å². The maximum atomic E-state index is 12.7. The molecule has 2 N–H and O–H groups in total. The maximum absolute atomic E-state index is 12.7. The molecule has 0 radical (unpaired) electrons. The van der Waals surface area contributed by atoms with Gasteiger partial charge in [0.25, 0.3) is 0 Å². The van der Waals surface area contributed by atoms with Crippen molar-refractivity contribution in [2.75, 3.05) is 0 Å². The highest BCUT2D eigenvalue weighted by atomic mass is 19.1. The minimum absolute atomic E-state index is 0.0943. The van der Waals surface area contributed by atoms with E-state index in [-0.39, 0.29) is 6.04 Å². The third kappa shape index (κ3) is 2.25. The summed E-state index contributed by atoms with van der Waals surface area (Å²) in [5, 5.41) is 0. The Kier molecular flexibility index (Phi) is 2.27. The molecule has 2 rings (SSSR count). The maximum Gasteiger partial charge on any atom is 0.213 e. The van der Waals surface area contributed by atoms with Gasteiger partial charge < -0.3 is 5.73 Å². The van der Waals surface area contributed by atoms with E-state index >= 15 is 0 Å². The van der Waals surface area contributed by atoms with E-state index in [2.05, 4.69) is 4.98 Å². The number of pyridine rings is 1. The van der Waals surface area contributed by atoms with Gasteiger partial charge in [-0.15, -0.1) is 0 Å². The molecule has 0 amide bonds. The second kappa shape index (κ2) is 3.42. The molecule has 1 aromatic heterocycles. The van der Waals surface area contributed by atoms with Crippen LogP contribution in [-0.2, 0) is 0 Å². The minimum atomic E-state index is -0.441. The SMILES string of the molecule is NC(CC1CC1)c1cccc(F)n1. The number of halogens is 1. The summed E-state index contributed by atoms with van der Waals surface area (Å²) in [4.78, 5) is 3.76. The zero-order valence-corrected chi connectivity index (χ0v) is 7.41. The molecule has 1 aliphatic carbocycles. The Hall–Kier alpha value is -0.960. The van der Waals surface area contributed by atoms with Crippen molar-refractivity contribution in [3.63, 3.8) is 0 Å². The normalized spacial score (nSPS) is 18.6. The molecule has 70 valence electrons. The van der Waals surface area contributed by atoms with Gasteiger partial charge in [0.05, 0.1) is 5.69 Å². The fraction of sp³-hybridized carbons (Fsp3) is 0.500. The number of nitrogens with zero attached hydrogens (tertiary/aromatic N) is 1. The third-order valence-electron chi connectivity index (χ3n) is 2.40. The van der Waals surface area contributed by atoms with Crippen molar-refractivity contribution in [1.82, 2.24) is 4.98 Å².